The van der Waals surface area contributed by atoms with Crippen LogP contribution in [0.15, 0.2) is 48.7 Å². The second kappa shape index (κ2) is 5.67. The van der Waals surface area contributed by atoms with E-state index >= 15 is 0 Å². The number of aromatic nitrogens is 1. The summed E-state index contributed by atoms with van der Waals surface area (Å²) in [5, 5.41) is 0. The minimum absolute atomic E-state index is 0.189. The number of benzene rings is 1. The lowest BCUT2D eigenvalue weighted by atomic mass is 10.1. The Kier molecular flexibility index (Phi) is 3.74. The van der Waals surface area contributed by atoms with Crippen LogP contribution in [-0.2, 0) is 4.79 Å². The minimum atomic E-state index is 0.189. The topological polar surface area (TPSA) is 33.2 Å². The lowest BCUT2D eigenvalue weighted by Gasteiger charge is -2.16. The van der Waals surface area contributed by atoms with E-state index in [0.29, 0.717) is 12.3 Å². The average Bonchev–Trinajstić information content (AvgIpc) is 2.89. The van der Waals surface area contributed by atoms with Gasteiger partial charge in [0, 0.05) is 30.4 Å². The van der Waals surface area contributed by atoms with Crippen LogP contribution in [0, 0.1) is 5.92 Å². The summed E-state index contributed by atoms with van der Waals surface area (Å²) in [5.41, 5.74) is 2.96. The lowest BCUT2D eigenvalue weighted by Crippen LogP contribution is -2.24. The Morgan fingerprint density at radius 1 is 1.20 bits per heavy atom. The Morgan fingerprint density at radius 3 is 2.60 bits per heavy atom. The quantitative estimate of drug-likeness (QED) is 0.879. The van der Waals surface area contributed by atoms with Gasteiger partial charge in [-0.3, -0.25) is 9.78 Å². The maximum absolute atomic E-state index is 12.0. The fraction of sp³-hybridized carbons (Fsp3) is 0.250. The van der Waals surface area contributed by atoms with Crippen molar-refractivity contribution in [1.29, 1.82) is 0 Å². The van der Waals surface area contributed by atoms with Gasteiger partial charge in [0.2, 0.25) is 5.91 Å². The Bertz CT molecular complexity index is 598. The highest BCUT2D eigenvalue weighted by Crippen LogP contribution is 2.27. The zero-order chi connectivity index (χ0) is 13.9. The molecule has 1 aliphatic rings. The molecule has 102 valence electrons. The van der Waals surface area contributed by atoms with Crippen molar-refractivity contribution in [3.8, 4) is 11.3 Å². The summed E-state index contributed by atoms with van der Waals surface area (Å²) in [5.74, 6) is 1.31. The summed E-state index contributed by atoms with van der Waals surface area (Å²) in [4.78, 5) is 18.2. The highest BCUT2D eigenvalue weighted by Gasteiger charge is 2.29. The van der Waals surface area contributed by atoms with E-state index in [0.717, 1.165) is 29.2 Å². The van der Waals surface area contributed by atoms with Crippen LogP contribution in [0.4, 0.5) is 5.69 Å². The molecule has 3 nitrogen and oxygen atoms in total. The molecule has 1 fully saturated rings. The summed E-state index contributed by atoms with van der Waals surface area (Å²) in [7, 11) is 0. The molecular formula is C16H16N2OS. The first-order valence-corrected chi connectivity index (χ1v) is 7.34. The summed E-state index contributed by atoms with van der Waals surface area (Å²) < 4.78 is 0. The molecule has 1 atom stereocenters. The van der Waals surface area contributed by atoms with E-state index in [2.05, 4.69) is 17.6 Å². The fourth-order valence-electron chi connectivity index (χ4n) is 2.50. The van der Waals surface area contributed by atoms with Gasteiger partial charge in [-0.1, -0.05) is 18.2 Å². The van der Waals surface area contributed by atoms with E-state index in [4.69, 9.17) is 0 Å². The van der Waals surface area contributed by atoms with Gasteiger partial charge in [0.1, 0.15) is 0 Å². The van der Waals surface area contributed by atoms with Crippen LogP contribution in [0.25, 0.3) is 11.3 Å². The molecule has 1 aromatic heterocycles. The molecule has 0 aliphatic carbocycles. The number of hydrogen-bond acceptors (Lipinski definition) is 3. The number of anilines is 1. The van der Waals surface area contributed by atoms with E-state index < -0.39 is 0 Å². The van der Waals surface area contributed by atoms with Crippen molar-refractivity contribution in [2.75, 3.05) is 17.2 Å². The van der Waals surface area contributed by atoms with Crippen LogP contribution in [0.5, 0.6) is 0 Å². The standard InChI is InChI=1S/C16H16N2OS/c19-16-9-12(11-20)10-18(16)14-6-4-13(5-7-14)15-3-1-2-8-17-15/h1-8,12,20H,9-11H2. The molecule has 4 heteroatoms. The number of carbonyl (C=O) groups is 1. The smallest absolute Gasteiger partial charge is 0.227 e. The molecule has 2 aromatic rings. The van der Waals surface area contributed by atoms with Crippen molar-refractivity contribution < 1.29 is 4.79 Å². The molecule has 0 bridgehead atoms. The van der Waals surface area contributed by atoms with Crippen molar-refractivity contribution in [3.05, 3.63) is 48.7 Å². The van der Waals surface area contributed by atoms with Gasteiger partial charge in [-0.2, -0.15) is 12.6 Å². The molecule has 0 radical (unpaired) electrons. The third-order valence-electron chi connectivity index (χ3n) is 3.60. The van der Waals surface area contributed by atoms with E-state index in [1.54, 1.807) is 6.20 Å². The van der Waals surface area contributed by atoms with Gasteiger partial charge in [0.05, 0.1) is 5.69 Å². The Labute approximate surface area is 124 Å². The zero-order valence-corrected chi connectivity index (χ0v) is 12.0. The Balaban J connectivity index is 1.82. The Hall–Kier alpha value is -1.81. The normalized spacial score (nSPS) is 18.6. The van der Waals surface area contributed by atoms with E-state index in [1.165, 1.54) is 0 Å². The first-order chi connectivity index (χ1) is 9.78. The highest BCUT2D eigenvalue weighted by atomic mass is 32.1. The largest absolute Gasteiger partial charge is 0.312 e. The van der Waals surface area contributed by atoms with Crippen molar-refractivity contribution in [2.45, 2.75) is 6.42 Å². The average molecular weight is 284 g/mol. The SMILES string of the molecule is O=C1CC(CS)CN1c1ccc(-c2ccccn2)cc1. The molecule has 1 saturated heterocycles. The highest BCUT2D eigenvalue weighted by molar-refractivity contribution is 7.80. The van der Waals surface area contributed by atoms with E-state index in [9.17, 15) is 4.79 Å². The van der Waals surface area contributed by atoms with Crippen LogP contribution in [0.1, 0.15) is 6.42 Å². The summed E-state index contributed by atoms with van der Waals surface area (Å²) in [6, 6.07) is 13.9. The van der Waals surface area contributed by atoms with Crippen molar-refractivity contribution in [3.63, 3.8) is 0 Å². The van der Waals surface area contributed by atoms with Crippen LogP contribution in [-0.4, -0.2) is 23.2 Å². The molecule has 2 heterocycles. The number of carbonyl (C=O) groups excluding carboxylic acids is 1. The fourth-order valence-corrected chi connectivity index (χ4v) is 2.74. The van der Waals surface area contributed by atoms with E-state index in [-0.39, 0.29) is 5.91 Å². The number of amides is 1. The molecular weight excluding hydrogens is 268 g/mol. The number of nitrogens with zero attached hydrogens (tertiary/aromatic N) is 2. The van der Waals surface area contributed by atoms with Crippen LogP contribution in [0.2, 0.25) is 0 Å². The van der Waals surface area contributed by atoms with Gasteiger partial charge in [0.25, 0.3) is 0 Å². The van der Waals surface area contributed by atoms with Gasteiger partial charge in [-0.15, -0.1) is 0 Å². The molecule has 3 rings (SSSR count). The predicted molar refractivity (Wildman–Crippen MR) is 84.0 cm³/mol. The summed E-state index contributed by atoms with van der Waals surface area (Å²) in [6.45, 7) is 0.769. The van der Waals surface area contributed by atoms with Gasteiger partial charge in [-0.25, -0.2) is 0 Å². The van der Waals surface area contributed by atoms with Gasteiger partial charge in [-0.05, 0) is 35.9 Å². The molecule has 1 aliphatic heterocycles. The first-order valence-electron chi connectivity index (χ1n) is 6.70. The minimum Gasteiger partial charge on any atom is -0.312 e. The van der Waals surface area contributed by atoms with E-state index in [1.807, 2.05) is 47.4 Å². The maximum atomic E-state index is 12.0. The molecule has 1 amide bonds. The van der Waals surface area contributed by atoms with Gasteiger partial charge >= 0.3 is 0 Å². The predicted octanol–water partition coefficient (Wildman–Crippen LogP) is 3.03. The lowest BCUT2D eigenvalue weighted by molar-refractivity contribution is -0.117. The monoisotopic (exact) mass is 284 g/mol. The maximum Gasteiger partial charge on any atom is 0.227 e. The molecule has 0 N–H and O–H groups in total. The van der Waals surface area contributed by atoms with Gasteiger partial charge in [0.15, 0.2) is 0 Å². The Morgan fingerprint density at radius 2 is 2.00 bits per heavy atom. The van der Waals surface area contributed by atoms with Crippen molar-refractivity contribution in [1.82, 2.24) is 4.98 Å². The van der Waals surface area contributed by atoms with Crippen LogP contribution >= 0.6 is 12.6 Å². The summed E-state index contributed by atoms with van der Waals surface area (Å²) in [6.07, 6.45) is 2.38. The third kappa shape index (κ3) is 2.56. The molecule has 20 heavy (non-hydrogen) atoms. The number of rotatable bonds is 3. The molecule has 0 spiro atoms. The second-order valence-corrected chi connectivity index (χ2v) is 5.38. The molecule has 0 saturated carbocycles. The number of thiol groups is 1. The first kappa shape index (κ1) is 13.2. The van der Waals surface area contributed by atoms with Crippen molar-refractivity contribution >= 4 is 24.2 Å². The summed E-state index contributed by atoms with van der Waals surface area (Å²) >= 11 is 4.29. The number of pyridine rings is 1. The molecule has 1 unspecified atom stereocenters. The zero-order valence-electron chi connectivity index (χ0n) is 11.1. The van der Waals surface area contributed by atoms with Crippen LogP contribution in [0.3, 0.4) is 0 Å². The molecule has 1 aromatic carbocycles. The van der Waals surface area contributed by atoms with Crippen molar-refractivity contribution in [2.24, 2.45) is 5.92 Å². The van der Waals surface area contributed by atoms with Gasteiger partial charge < -0.3 is 4.90 Å². The van der Waals surface area contributed by atoms with Crippen LogP contribution < -0.4 is 4.90 Å². The third-order valence-corrected chi connectivity index (χ3v) is 4.12. The second-order valence-electron chi connectivity index (χ2n) is 5.02. The number of hydrogen-bond donors (Lipinski definition) is 1.